The van der Waals surface area contributed by atoms with Crippen LogP contribution in [0.5, 0.6) is 0 Å². The van der Waals surface area contributed by atoms with Gasteiger partial charge in [-0.25, -0.2) is 0 Å². The Kier molecular flexibility index (Phi) is 2.98. The summed E-state index contributed by atoms with van der Waals surface area (Å²) in [5, 5.41) is 9.94. The van der Waals surface area contributed by atoms with Gasteiger partial charge in [0.15, 0.2) is 0 Å². The summed E-state index contributed by atoms with van der Waals surface area (Å²) in [4.78, 5) is 13.6. The number of carbonyl (C=O) groups excluding carboxylic acids is 1. The number of rotatable bonds is 1. The lowest BCUT2D eigenvalue weighted by atomic mass is 9.98. The predicted octanol–water partition coefficient (Wildman–Crippen LogP) is 0.539. The Bertz CT molecular complexity index is 252. The summed E-state index contributed by atoms with van der Waals surface area (Å²) in [5.41, 5.74) is -0.558. The molecular weight excluding hydrogens is 194 g/mol. The molecule has 0 amide bonds. The van der Waals surface area contributed by atoms with Gasteiger partial charge in [0.1, 0.15) is 6.04 Å². The maximum absolute atomic E-state index is 11.4. The average molecular weight is 213 g/mol. The van der Waals surface area contributed by atoms with E-state index in [0.717, 1.165) is 38.8 Å². The van der Waals surface area contributed by atoms with Crippen LogP contribution in [0.15, 0.2) is 0 Å². The molecule has 4 nitrogen and oxygen atoms in total. The zero-order valence-electron chi connectivity index (χ0n) is 9.24. The average Bonchev–Trinajstić information content (AvgIpc) is 2.49. The molecule has 4 heteroatoms. The van der Waals surface area contributed by atoms with Gasteiger partial charge in [-0.3, -0.25) is 9.69 Å². The highest BCUT2D eigenvalue weighted by atomic mass is 16.5. The Labute approximate surface area is 90.2 Å². The molecular formula is C11H19NO3. The quantitative estimate of drug-likeness (QED) is 0.646. The van der Waals surface area contributed by atoms with Crippen molar-refractivity contribution in [2.24, 2.45) is 0 Å². The van der Waals surface area contributed by atoms with E-state index in [-0.39, 0.29) is 12.0 Å². The number of likely N-dealkylation sites (tertiary alicyclic amines) is 1. The summed E-state index contributed by atoms with van der Waals surface area (Å²) in [6, 6.07) is -0.0566. The number of carbonyl (C=O) groups is 1. The fourth-order valence-electron chi connectivity index (χ4n) is 2.41. The summed E-state index contributed by atoms with van der Waals surface area (Å²) in [7, 11) is 0. The molecule has 2 saturated heterocycles. The van der Waals surface area contributed by atoms with E-state index in [1.165, 1.54) is 0 Å². The van der Waals surface area contributed by atoms with Gasteiger partial charge in [-0.1, -0.05) is 0 Å². The van der Waals surface area contributed by atoms with E-state index in [9.17, 15) is 9.90 Å². The Morgan fingerprint density at radius 2 is 2.27 bits per heavy atom. The first kappa shape index (κ1) is 10.9. The van der Waals surface area contributed by atoms with Crippen LogP contribution in [-0.4, -0.2) is 47.3 Å². The number of hydrogen-bond acceptors (Lipinski definition) is 4. The van der Waals surface area contributed by atoms with Crippen molar-refractivity contribution in [2.45, 2.75) is 44.2 Å². The smallest absolute Gasteiger partial charge is 0.323 e. The van der Waals surface area contributed by atoms with Crippen LogP contribution < -0.4 is 0 Å². The van der Waals surface area contributed by atoms with Gasteiger partial charge < -0.3 is 9.84 Å². The third-order valence-corrected chi connectivity index (χ3v) is 3.45. The fourth-order valence-corrected chi connectivity index (χ4v) is 2.41. The molecule has 1 N–H and O–H groups in total. The van der Waals surface area contributed by atoms with E-state index in [4.69, 9.17) is 4.74 Å². The lowest BCUT2D eigenvalue weighted by Crippen LogP contribution is -2.39. The minimum absolute atomic E-state index is 0.0566. The van der Waals surface area contributed by atoms with Crippen LogP contribution in [-0.2, 0) is 9.53 Å². The normalized spacial score (nSPS) is 38.8. The molecule has 2 aliphatic rings. The van der Waals surface area contributed by atoms with E-state index in [1.807, 2.05) is 6.92 Å². The van der Waals surface area contributed by atoms with Crippen molar-refractivity contribution < 1.29 is 14.6 Å². The fraction of sp³-hybridized carbons (Fsp3) is 0.909. The van der Waals surface area contributed by atoms with Crippen LogP contribution in [0.2, 0.25) is 0 Å². The Hall–Kier alpha value is -0.610. The van der Waals surface area contributed by atoms with Crippen LogP contribution in [0.4, 0.5) is 0 Å². The lowest BCUT2D eigenvalue weighted by molar-refractivity contribution is -0.142. The molecule has 0 aliphatic carbocycles. The number of cyclic esters (lactones) is 1. The molecule has 86 valence electrons. The molecule has 2 rings (SSSR count). The first-order valence-electron chi connectivity index (χ1n) is 5.72. The van der Waals surface area contributed by atoms with E-state index in [0.29, 0.717) is 6.61 Å². The molecule has 2 unspecified atom stereocenters. The molecule has 2 heterocycles. The second-order valence-corrected chi connectivity index (χ2v) is 4.86. The summed E-state index contributed by atoms with van der Waals surface area (Å²) in [5.74, 6) is -0.0865. The molecule has 2 atom stereocenters. The summed E-state index contributed by atoms with van der Waals surface area (Å²) >= 11 is 0. The highest BCUT2D eigenvalue weighted by Crippen LogP contribution is 2.24. The number of aliphatic hydroxyl groups is 1. The standard InChI is InChI=1S/C11H19NO3/c1-11(14)4-2-6-12(7-5-11)9-3-8-15-10(9)13/h9,14H,2-8H2,1H3. The molecule has 0 aromatic rings. The van der Waals surface area contributed by atoms with Gasteiger partial charge in [0, 0.05) is 13.0 Å². The van der Waals surface area contributed by atoms with Gasteiger partial charge in [-0.2, -0.15) is 0 Å². The van der Waals surface area contributed by atoms with Crippen molar-refractivity contribution in [3.63, 3.8) is 0 Å². The molecule has 15 heavy (non-hydrogen) atoms. The lowest BCUT2D eigenvalue weighted by Gasteiger charge is -2.25. The van der Waals surface area contributed by atoms with Crippen molar-refractivity contribution in [1.82, 2.24) is 4.90 Å². The predicted molar refractivity (Wildman–Crippen MR) is 55.4 cm³/mol. The Balaban J connectivity index is 1.96. The van der Waals surface area contributed by atoms with Crippen LogP contribution in [0, 0.1) is 0 Å². The van der Waals surface area contributed by atoms with Gasteiger partial charge in [0.05, 0.1) is 12.2 Å². The first-order valence-corrected chi connectivity index (χ1v) is 5.72. The number of hydrogen-bond donors (Lipinski definition) is 1. The van der Waals surface area contributed by atoms with E-state index < -0.39 is 5.60 Å². The second kappa shape index (κ2) is 4.10. The molecule has 2 aliphatic heterocycles. The molecule has 0 bridgehead atoms. The molecule has 0 aromatic carbocycles. The van der Waals surface area contributed by atoms with Crippen molar-refractivity contribution in [3.05, 3.63) is 0 Å². The zero-order chi connectivity index (χ0) is 10.9. The SMILES string of the molecule is CC1(O)CCCN(C2CCOC2=O)CC1. The highest BCUT2D eigenvalue weighted by Gasteiger charge is 2.35. The van der Waals surface area contributed by atoms with Crippen LogP contribution in [0.1, 0.15) is 32.6 Å². The monoisotopic (exact) mass is 213 g/mol. The van der Waals surface area contributed by atoms with Crippen LogP contribution in [0.25, 0.3) is 0 Å². The van der Waals surface area contributed by atoms with E-state index in [1.54, 1.807) is 0 Å². The van der Waals surface area contributed by atoms with Crippen molar-refractivity contribution in [1.29, 1.82) is 0 Å². The van der Waals surface area contributed by atoms with Crippen LogP contribution >= 0.6 is 0 Å². The topological polar surface area (TPSA) is 49.8 Å². The Morgan fingerprint density at radius 3 is 2.93 bits per heavy atom. The number of esters is 1. The minimum atomic E-state index is -0.558. The van der Waals surface area contributed by atoms with E-state index in [2.05, 4.69) is 4.90 Å². The van der Waals surface area contributed by atoms with Gasteiger partial charge in [0.25, 0.3) is 0 Å². The maximum atomic E-state index is 11.4. The summed E-state index contributed by atoms with van der Waals surface area (Å²) < 4.78 is 4.97. The maximum Gasteiger partial charge on any atom is 0.323 e. The molecule has 0 aromatic heterocycles. The summed E-state index contributed by atoms with van der Waals surface area (Å²) in [6.45, 7) is 4.13. The number of ether oxygens (including phenoxy) is 1. The van der Waals surface area contributed by atoms with Gasteiger partial charge in [0.2, 0.25) is 0 Å². The molecule has 0 radical (unpaired) electrons. The number of nitrogens with zero attached hydrogens (tertiary/aromatic N) is 1. The summed E-state index contributed by atoms with van der Waals surface area (Å²) in [6.07, 6.45) is 3.33. The highest BCUT2D eigenvalue weighted by molar-refractivity contribution is 5.77. The van der Waals surface area contributed by atoms with Crippen LogP contribution in [0.3, 0.4) is 0 Å². The minimum Gasteiger partial charge on any atom is -0.464 e. The van der Waals surface area contributed by atoms with Crippen molar-refractivity contribution in [3.8, 4) is 0 Å². The zero-order valence-corrected chi connectivity index (χ0v) is 9.24. The molecule has 2 fully saturated rings. The second-order valence-electron chi connectivity index (χ2n) is 4.86. The molecule has 0 spiro atoms. The first-order chi connectivity index (χ1) is 7.08. The Morgan fingerprint density at radius 1 is 1.47 bits per heavy atom. The van der Waals surface area contributed by atoms with Gasteiger partial charge in [-0.15, -0.1) is 0 Å². The van der Waals surface area contributed by atoms with Crippen molar-refractivity contribution in [2.75, 3.05) is 19.7 Å². The molecule has 0 saturated carbocycles. The largest absolute Gasteiger partial charge is 0.464 e. The van der Waals surface area contributed by atoms with Crippen molar-refractivity contribution >= 4 is 5.97 Å². The van der Waals surface area contributed by atoms with E-state index >= 15 is 0 Å². The van der Waals surface area contributed by atoms with Gasteiger partial charge in [-0.05, 0) is 32.7 Å². The van der Waals surface area contributed by atoms with Gasteiger partial charge >= 0.3 is 5.97 Å². The third-order valence-electron chi connectivity index (χ3n) is 3.45. The third kappa shape index (κ3) is 2.49.